The van der Waals surface area contributed by atoms with Gasteiger partial charge in [-0.3, -0.25) is 0 Å². The number of hydrogen-bond donors (Lipinski definition) is 1. The molecule has 0 spiro atoms. The van der Waals surface area contributed by atoms with Gasteiger partial charge in [0.2, 0.25) is 0 Å². The molecule has 0 bridgehead atoms. The Labute approximate surface area is 184 Å². The Kier molecular flexibility index (Phi) is 5.79. The molecule has 1 N–H and O–H groups in total. The van der Waals surface area contributed by atoms with E-state index in [0.717, 1.165) is 11.3 Å². The van der Waals surface area contributed by atoms with Crippen LogP contribution in [0.15, 0.2) is 54.7 Å². The first-order valence-corrected chi connectivity index (χ1v) is 10.2. The van der Waals surface area contributed by atoms with Gasteiger partial charge in [-0.2, -0.15) is 0 Å². The number of halogens is 2. The predicted octanol–water partition coefficient (Wildman–Crippen LogP) is 5.45. The Hall–Kier alpha value is -2.83. The van der Waals surface area contributed by atoms with Gasteiger partial charge in [0, 0.05) is 42.3 Å². The fraction of sp³-hybridized carbons (Fsp3) is 0.227. The lowest BCUT2D eigenvalue weighted by atomic mass is 9.99. The van der Waals surface area contributed by atoms with Gasteiger partial charge in [0.25, 0.3) is 0 Å². The van der Waals surface area contributed by atoms with Crippen molar-refractivity contribution < 1.29 is 14.3 Å². The standard InChI is InChI=1S/C22H21Cl2N3O3/c1-29-15-6-7-16(20(13-15)30-2)21-19-4-3-9-26(19)10-11-27(21)22(28)25-14-5-8-17(23)18(24)12-14/h3-9,12-13,21H,10-11H2,1-2H3,(H,25,28). The quantitative estimate of drug-likeness (QED) is 0.580. The van der Waals surface area contributed by atoms with Crippen LogP contribution < -0.4 is 14.8 Å². The minimum absolute atomic E-state index is 0.233. The van der Waals surface area contributed by atoms with Crippen LogP contribution >= 0.6 is 23.2 Å². The van der Waals surface area contributed by atoms with E-state index in [-0.39, 0.29) is 12.1 Å². The highest BCUT2D eigenvalue weighted by Crippen LogP contribution is 2.39. The largest absolute Gasteiger partial charge is 0.497 e. The molecule has 0 radical (unpaired) electrons. The molecule has 6 nitrogen and oxygen atoms in total. The number of carbonyl (C=O) groups excluding carboxylic acids is 1. The number of aromatic nitrogens is 1. The number of fused-ring (bicyclic) bond motifs is 1. The summed E-state index contributed by atoms with van der Waals surface area (Å²) < 4.78 is 13.1. The fourth-order valence-corrected chi connectivity index (χ4v) is 4.04. The summed E-state index contributed by atoms with van der Waals surface area (Å²) in [6, 6.07) is 14.1. The average Bonchev–Trinajstić information content (AvgIpc) is 3.24. The van der Waals surface area contributed by atoms with Crippen LogP contribution in [0.5, 0.6) is 11.5 Å². The van der Waals surface area contributed by atoms with E-state index >= 15 is 0 Å². The normalized spacial score (nSPS) is 15.5. The van der Waals surface area contributed by atoms with Crippen LogP contribution in [0.4, 0.5) is 10.5 Å². The molecular formula is C22H21Cl2N3O3. The first-order chi connectivity index (χ1) is 14.5. The number of hydrogen-bond acceptors (Lipinski definition) is 3. The van der Waals surface area contributed by atoms with E-state index in [1.165, 1.54) is 0 Å². The van der Waals surface area contributed by atoms with Gasteiger partial charge in [-0.25, -0.2) is 4.79 Å². The Balaban J connectivity index is 1.72. The molecule has 0 saturated heterocycles. The Morgan fingerprint density at radius 1 is 1.03 bits per heavy atom. The number of carbonyl (C=O) groups is 1. The van der Waals surface area contributed by atoms with Gasteiger partial charge in [0.05, 0.1) is 24.3 Å². The molecular weight excluding hydrogens is 425 g/mol. The van der Waals surface area contributed by atoms with Gasteiger partial charge in [-0.1, -0.05) is 23.2 Å². The second kappa shape index (κ2) is 8.50. The molecule has 1 atom stereocenters. The number of urea groups is 1. The molecule has 2 heterocycles. The summed E-state index contributed by atoms with van der Waals surface area (Å²) in [4.78, 5) is 15.1. The summed E-state index contributed by atoms with van der Waals surface area (Å²) in [6.07, 6.45) is 2.02. The van der Waals surface area contributed by atoms with Crippen molar-refractivity contribution in [3.63, 3.8) is 0 Å². The third kappa shape index (κ3) is 3.80. The van der Waals surface area contributed by atoms with Crippen molar-refractivity contribution in [2.24, 2.45) is 0 Å². The maximum atomic E-state index is 13.3. The average molecular weight is 446 g/mol. The molecule has 3 aromatic rings. The third-order valence-electron chi connectivity index (χ3n) is 5.21. The van der Waals surface area contributed by atoms with Crippen molar-refractivity contribution in [3.8, 4) is 11.5 Å². The number of benzene rings is 2. The van der Waals surface area contributed by atoms with E-state index < -0.39 is 0 Å². The van der Waals surface area contributed by atoms with Crippen molar-refractivity contribution in [3.05, 3.63) is 76.0 Å². The van der Waals surface area contributed by atoms with E-state index in [4.69, 9.17) is 32.7 Å². The molecule has 1 unspecified atom stereocenters. The Morgan fingerprint density at radius 2 is 1.87 bits per heavy atom. The van der Waals surface area contributed by atoms with Crippen LogP contribution in [0.1, 0.15) is 17.3 Å². The summed E-state index contributed by atoms with van der Waals surface area (Å²) in [5.41, 5.74) is 2.46. The second-order valence-electron chi connectivity index (χ2n) is 6.89. The zero-order valence-electron chi connectivity index (χ0n) is 16.6. The molecule has 1 aliphatic rings. The van der Waals surface area contributed by atoms with Crippen molar-refractivity contribution in [1.29, 1.82) is 0 Å². The molecule has 8 heteroatoms. The molecule has 2 aromatic carbocycles. The minimum Gasteiger partial charge on any atom is -0.497 e. The highest BCUT2D eigenvalue weighted by atomic mass is 35.5. The van der Waals surface area contributed by atoms with E-state index in [9.17, 15) is 4.79 Å². The van der Waals surface area contributed by atoms with Gasteiger partial charge < -0.3 is 24.3 Å². The summed E-state index contributed by atoms with van der Waals surface area (Å²) in [5.74, 6) is 1.34. The van der Waals surface area contributed by atoms with Crippen LogP contribution in [-0.2, 0) is 6.54 Å². The number of nitrogens with zero attached hydrogens (tertiary/aromatic N) is 2. The van der Waals surface area contributed by atoms with E-state index in [0.29, 0.717) is 40.3 Å². The molecule has 0 saturated carbocycles. The number of nitrogens with one attached hydrogen (secondary N) is 1. The number of methoxy groups -OCH3 is 2. The summed E-state index contributed by atoms with van der Waals surface area (Å²) in [6.45, 7) is 1.24. The maximum absolute atomic E-state index is 13.3. The second-order valence-corrected chi connectivity index (χ2v) is 7.70. The van der Waals surface area contributed by atoms with Crippen molar-refractivity contribution >= 4 is 34.9 Å². The highest BCUT2D eigenvalue weighted by molar-refractivity contribution is 6.42. The third-order valence-corrected chi connectivity index (χ3v) is 5.94. The van der Waals surface area contributed by atoms with Crippen LogP contribution in [0.3, 0.4) is 0 Å². The molecule has 30 heavy (non-hydrogen) atoms. The van der Waals surface area contributed by atoms with Crippen LogP contribution in [0.2, 0.25) is 10.0 Å². The lowest BCUT2D eigenvalue weighted by molar-refractivity contribution is 0.180. The van der Waals surface area contributed by atoms with Gasteiger partial charge in [0.15, 0.2) is 0 Å². The van der Waals surface area contributed by atoms with E-state index in [1.807, 2.05) is 36.5 Å². The van der Waals surface area contributed by atoms with Crippen LogP contribution in [0, 0.1) is 0 Å². The van der Waals surface area contributed by atoms with Gasteiger partial charge in [-0.15, -0.1) is 0 Å². The lowest BCUT2D eigenvalue weighted by Gasteiger charge is -2.37. The Morgan fingerprint density at radius 3 is 2.60 bits per heavy atom. The minimum atomic E-state index is -0.322. The number of amides is 2. The number of anilines is 1. The van der Waals surface area contributed by atoms with Crippen LogP contribution in [-0.4, -0.2) is 36.3 Å². The molecule has 1 aromatic heterocycles. The monoisotopic (exact) mass is 445 g/mol. The molecule has 156 valence electrons. The van der Waals surface area contributed by atoms with Gasteiger partial charge in [0.1, 0.15) is 17.5 Å². The highest BCUT2D eigenvalue weighted by Gasteiger charge is 2.34. The number of rotatable bonds is 4. The first kappa shape index (κ1) is 20.4. The molecule has 0 fully saturated rings. The fourth-order valence-electron chi connectivity index (χ4n) is 3.74. The molecule has 1 aliphatic heterocycles. The van der Waals surface area contributed by atoms with E-state index in [1.54, 1.807) is 37.3 Å². The SMILES string of the molecule is COc1ccc(C2c3cccn3CCN2C(=O)Nc2ccc(Cl)c(Cl)c2)c(OC)c1. The van der Waals surface area contributed by atoms with Crippen molar-refractivity contribution in [2.75, 3.05) is 26.1 Å². The van der Waals surface area contributed by atoms with Gasteiger partial charge in [-0.05, 0) is 42.5 Å². The number of ether oxygens (including phenoxy) is 2. The molecule has 2 amide bonds. The molecule has 4 rings (SSSR count). The predicted molar refractivity (Wildman–Crippen MR) is 118 cm³/mol. The smallest absolute Gasteiger partial charge is 0.322 e. The zero-order chi connectivity index (χ0) is 21.3. The first-order valence-electron chi connectivity index (χ1n) is 9.41. The summed E-state index contributed by atoms with van der Waals surface area (Å²) in [7, 11) is 3.22. The van der Waals surface area contributed by atoms with E-state index in [2.05, 4.69) is 9.88 Å². The van der Waals surface area contributed by atoms with Crippen molar-refractivity contribution in [2.45, 2.75) is 12.6 Å². The molecule has 0 aliphatic carbocycles. The lowest BCUT2D eigenvalue weighted by Crippen LogP contribution is -2.44. The summed E-state index contributed by atoms with van der Waals surface area (Å²) in [5, 5.41) is 3.75. The van der Waals surface area contributed by atoms with Gasteiger partial charge >= 0.3 is 6.03 Å². The maximum Gasteiger partial charge on any atom is 0.322 e. The van der Waals surface area contributed by atoms with Crippen LogP contribution in [0.25, 0.3) is 0 Å². The zero-order valence-corrected chi connectivity index (χ0v) is 18.1. The Bertz CT molecular complexity index is 1080. The summed E-state index contributed by atoms with van der Waals surface area (Å²) >= 11 is 12.1. The topological polar surface area (TPSA) is 55.7 Å². The van der Waals surface area contributed by atoms with Crippen molar-refractivity contribution in [1.82, 2.24) is 9.47 Å².